The molecular weight excluding hydrogens is 489 g/mol. The molecule has 2 heterocycles. The van der Waals surface area contributed by atoms with Crippen LogP contribution in [0.2, 0.25) is 0 Å². The fourth-order valence-corrected chi connectivity index (χ4v) is 6.39. The fraction of sp³-hybridized carbons (Fsp3) is 0.850. The highest BCUT2D eigenvalue weighted by Gasteiger charge is 2.38. The molecule has 1 aliphatic carbocycles. The summed E-state index contributed by atoms with van der Waals surface area (Å²) in [7, 11) is -2.85. The third kappa shape index (κ3) is 7.16. The van der Waals surface area contributed by atoms with Gasteiger partial charge in [-0.05, 0) is 44.9 Å². The van der Waals surface area contributed by atoms with Crippen molar-refractivity contribution in [3.8, 4) is 0 Å². The first kappa shape index (κ1) is 23.9. The van der Waals surface area contributed by atoms with Gasteiger partial charge in [-0.3, -0.25) is 0 Å². The van der Waals surface area contributed by atoms with E-state index in [0.717, 1.165) is 50.2 Å². The van der Waals surface area contributed by atoms with Crippen LogP contribution >= 0.6 is 24.0 Å². The smallest absolute Gasteiger partial charge is 0.191 e. The molecule has 28 heavy (non-hydrogen) atoms. The third-order valence-electron chi connectivity index (χ3n) is 5.99. The number of hydrogen-bond acceptors (Lipinski definition) is 4. The van der Waals surface area contributed by atoms with Crippen LogP contribution in [0.25, 0.3) is 0 Å². The minimum Gasteiger partial charge on any atom is -0.375 e. The molecule has 3 rings (SSSR count). The van der Waals surface area contributed by atoms with Crippen LogP contribution in [0.15, 0.2) is 17.1 Å². The van der Waals surface area contributed by atoms with Crippen LogP contribution in [0, 0.1) is 5.92 Å². The lowest BCUT2D eigenvalue weighted by Crippen LogP contribution is -2.52. The van der Waals surface area contributed by atoms with Gasteiger partial charge < -0.3 is 15.4 Å². The van der Waals surface area contributed by atoms with Crippen LogP contribution in [0.1, 0.15) is 58.3 Å². The van der Waals surface area contributed by atoms with E-state index in [1.807, 2.05) is 6.92 Å². The predicted molar refractivity (Wildman–Crippen MR) is 125 cm³/mol. The summed E-state index contributed by atoms with van der Waals surface area (Å²) < 4.78 is 29.6. The van der Waals surface area contributed by atoms with E-state index in [1.54, 1.807) is 0 Å². The van der Waals surface area contributed by atoms with E-state index in [9.17, 15) is 8.42 Å². The number of halogens is 1. The number of guanidine groups is 1. The summed E-state index contributed by atoms with van der Waals surface area (Å²) in [6.45, 7) is 7.93. The molecular formula is C20H36IN3O3S. The van der Waals surface area contributed by atoms with Gasteiger partial charge in [0.25, 0.3) is 0 Å². The summed E-state index contributed by atoms with van der Waals surface area (Å²) in [5.41, 5.74) is 1.06. The topological polar surface area (TPSA) is 79.8 Å². The Hall–Kier alpha value is -0.350. The van der Waals surface area contributed by atoms with Gasteiger partial charge in [-0.1, -0.05) is 31.4 Å². The van der Waals surface area contributed by atoms with E-state index >= 15 is 0 Å². The van der Waals surface area contributed by atoms with E-state index in [-0.39, 0.29) is 41.2 Å². The Bertz CT molecular complexity index is 654. The van der Waals surface area contributed by atoms with Crippen molar-refractivity contribution in [2.75, 3.05) is 31.2 Å². The summed E-state index contributed by atoms with van der Waals surface area (Å²) in [5.74, 6) is 1.55. The minimum absolute atomic E-state index is 0. The Morgan fingerprint density at radius 3 is 2.64 bits per heavy atom. The van der Waals surface area contributed by atoms with Gasteiger partial charge in [0.1, 0.15) is 0 Å². The Labute approximate surface area is 187 Å². The fourth-order valence-electron chi connectivity index (χ4n) is 4.53. The van der Waals surface area contributed by atoms with Gasteiger partial charge >= 0.3 is 0 Å². The summed E-state index contributed by atoms with van der Waals surface area (Å²) in [6, 6.07) is 0.348. The number of nitrogens with one attached hydrogen (secondary N) is 2. The van der Waals surface area contributed by atoms with E-state index < -0.39 is 9.84 Å². The molecule has 0 amide bonds. The van der Waals surface area contributed by atoms with Crippen molar-refractivity contribution in [1.29, 1.82) is 0 Å². The Morgan fingerprint density at radius 1 is 1.25 bits per heavy atom. The average Bonchev–Trinajstić information content (AvgIpc) is 2.97. The first-order valence-corrected chi connectivity index (χ1v) is 12.2. The summed E-state index contributed by atoms with van der Waals surface area (Å²) in [5, 5.41) is 6.98. The zero-order valence-corrected chi connectivity index (χ0v) is 20.2. The summed E-state index contributed by atoms with van der Waals surface area (Å²) >= 11 is 0. The van der Waals surface area contributed by atoms with Crippen molar-refractivity contribution in [1.82, 2.24) is 10.6 Å². The molecule has 0 aromatic heterocycles. The first-order valence-electron chi connectivity index (χ1n) is 10.4. The first-order chi connectivity index (χ1) is 12.9. The Kier molecular flexibility index (Phi) is 9.07. The van der Waals surface area contributed by atoms with Gasteiger partial charge in [0, 0.05) is 19.2 Å². The number of sulfone groups is 1. The summed E-state index contributed by atoms with van der Waals surface area (Å²) in [4.78, 5) is 4.65. The van der Waals surface area contributed by atoms with Crippen molar-refractivity contribution >= 4 is 39.8 Å². The summed E-state index contributed by atoms with van der Waals surface area (Å²) in [6.07, 6.45) is 8.92. The minimum atomic E-state index is -2.85. The van der Waals surface area contributed by atoms with Crippen molar-refractivity contribution in [2.45, 2.75) is 69.9 Å². The molecule has 2 saturated heterocycles. The lowest BCUT2D eigenvalue weighted by molar-refractivity contribution is -0.107. The van der Waals surface area contributed by atoms with Crippen LogP contribution in [0.5, 0.6) is 0 Å². The van der Waals surface area contributed by atoms with Crippen molar-refractivity contribution in [2.24, 2.45) is 10.9 Å². The molecule has 2 atom stereocenters. The van der Waals surface area contributed by atoms with Crippen molar-refractivity contribution < 1.29 is 13.2 Å². The van der Waals surface area contributed by atoms with Crippen LogP contribution in [0.4, 0.5) is 0 Å². The van der Waals surface area contributed by atoms with E-state index in [1.165, 1.54) is 19.3 Å². The van der Waals surface area contributed by atoms with Crippen molar-refractivity contribution in [3.63, 3.8) is 0 Å². The molecule has 0 bridgehead atoms. The van der Waals surface area contributed by atoms with Crippen molar-refractivity contribution in [3.05, 3.63) is 12.2 Å². The average molecular weight is 525 g/mol. The molecule has 2 unspecified atom stereocenters. The predicted octanol–water partition coefficient (Wildman–Crippen LogP) is 3.03. The molecule has 3 fully saturated rings. The molecule has 8 heteroatoms. The second-order valence-corrected chi connectivity index (χ2v) is 10.9. The SMILES string of the molecule is C=C(C)CN=C(NCC1CCS(=O)(=O)C1)NC1CCOC2(CCCCC2)C1.I. The van der Waals surface area contributed by atoms with E-state index in [4.69, 9.17) is 4.74 Å². The lowest BCUT2D eigenvalue weighted by Gasteiger charge is -2.44. The number of nitrogens with zero attached hydrogens (tertiary/aromatic N) is 1. The maximum Gasteiger partial charge on any atom is 0.191 e. The molecule has 1 saturated carbocycles. The van der Waals surface area contributed by atoms with Crippen LogP contribution in [-0.2, 0) is 14.6 Å². The van der Waals surface area contributed by atoms with Gasteiger partial charge in [0.15, 0.2) is 15.8 Å². The Morgan fingerprint density at radius 2 is 2.00 bits per heavy atom. The standard InChI is InChI=1S/C20H35N3O3S.HI/c1-16(2)13-21-19(22-14-17-7-11-27(24,25)15-17)23-18-6-10-26-20(12-18)8-4-3-5-9-20;/h17-18H,1,3-15H2,2H3,(H2,21,22,23);1H. The second-order valence-electron chi connectivity index (χ2n) is 8.70. The molecule has 3 aliphatic rings. The van der Waals surface area contributed by atoms with Gasteiger partial charge in [-0.15, -0.1) is 24.0 Å². The Balaban J connectivity index is 0.00000280. The number of rotatable bonds is 5. The number of ether oxygens (including phenoxy) is 1. The molecule has 0 radical (unpaired) electrons. The molecule has 2 N–H and O–H groups in total. The zero-order valence-electron chi connectivity index (χ0n) is 17.0. The largest absolute Gasteiger partial charge is 0.375 e. The maximum atomic E-state index is 11.7. The lowest BCUT2D eigenvalue weighted by atomic mass is 9.78. The quantitative estimate of drug-likeness (QED) is 0.250. The molecule has 1 spiro atoms. The second kappa shape index (κ2) is 10.6. The zero-order chi connectivity index (χ0) is 19.3. The number of aliphatic imine (C=N–C) groups is 1. The van der Waals surface area contributed by atoms with Gasteiger partial charge in [-0.25, -0.2) is 13.4 Å². The molecule has 0 aromatic rings. The van der Waals surface area contributed by atoms with Gasteiger partial charge in [-0.2, -0.15) is 0 Å². The van der Waals surface area contributed by atoms with Crippen LogP contribution in [-0.4, -0.2) is 57.2 Å². The van der Waals surface area contributed by atoms with Crippen LogP contribution in [0.3, 0.4) is 0 Å². The monoisotopic (exact) mass is 525 g/mol. The normalized spacial score (nSPS) is 29.1. The molecule has 162 valence electrons. The number of hydrogen-bond donors (Lipinski definition) is 2. The van der Waals surface area contributed by atoms with E-state index in [2.05, 4.69) is 22.2 Å². The highest BCUT2D eigenvalue weighted by molar-refractivity contribution is 14.0. The van der Waals surface area contributed by atoms with Gasteiger partial charge in [0.2, 0.25) is 0 Å². The van der Waals surface area contributed by atoms with E-state index in [0.29, 0.717) is 24.9 Å². The maximum absolute atomic E-state index is 11.7. The van der Waals surface area contributed by atoms with Crippen LogP contribution < -0.4 is 10.6 Å². The molecule has 0 aromatic carbocycles. The highest BCUT2D eigenvalue weighted by atomic mass is 127. The highest BCUT2D eigenvalue weighted by Crippen LogP contribution is 2.38. The molecule has 6 nitrogen and oxygen atoms in total. The third-order valence-corrected chi connectivity index (χ3v) is 7.83. The van der Waals surface area contributed by atoms with Gasteiger partial charge in [0.05, 0.1) is 23.7 Å². The molecule has 2 aliphatic heterocycles.